The Hall–Kier alpha value is -2.05. The molecule has 114 valence electrons. The standard InChI is InChI=1S/C14H15F3N2O2/c15-9-3-1-8(11(17)5-9)2-4-13(20)19-7-10(16)6-12(19)14(18)21/h1,3,5,10,12H,2,4,6-7H2,(H2,18,21)/t10-,12+/m1/s1. The normalized spacial score (nSPS) is 21.6. The Morgan fingerprint density at radius 2 is 2.05 bits per heavy atom. The number of hydrogen-bond donors (Lipinski definition) is 1. The van der Waals surface area contributed by atoms with Gasteiger partial charge in [0, 0.05) is 18.9 Å². The van der Waals surface area contributed by atoms with Gasteiger partial charge in [-0.05, 0) is 18.1 Å². The number of carbonyl (C=O) groups excluding carboxylic acids is 2. The van der Waals surface area contributed by atoms with Crippen molar-refractivity contribution in [1.29, 1.82) is 0 Å². The Labute approximate surface area is 119 Å². The minimum atomic E-state index is -1.28. The van der Waals surface area contributed by atoms with Crippen LogP contribution in [0.1, 0.15) is 18.4 Å². The molecule has 0 bridgehead atoms. The van der Waals surface area contributed by atoms with Crippen LogP contribution in [0.3, 0.4) is 0 Å². The molecule has 7 heteroatoms. The van der Waals surface area contributed by atoms with E-state index in [1.807, 2.05) is 0 Å². The minimum absolute atomic E-state index is 0.0455. The fraction of sp³-hybridized carbons (Fsp3) is 0.429. The first-order valence-corrected chi connectivity index (χ1v) is 6.55. The largest absolute Gasteiger partial charge is 0.368 e. The summed E-state index contributed by atoms with van der Waals surface area (Å²) in [5.41, 5.74) is 5.33. The van der Waals surface area contributed by atoms with Crippen LogP contribution < -0.4 is 5.73 Å². The van der Waals surface area contributed by atoms with Gasteiger partial charge in [-0.25, -0.2) is 13.2 Å². The lowest BCUT2D eigenvalue weighted by Gasteiger charge is -2.21. The van der Waals surface area contributed by atoms with E-state index in [1.54, 1.807) is 0 Å². The van der Waals surface area contributed by atoms with E-state index in [-0.39, 0.29) is 31.4 Å². The number of alkyl halides is 1. The van der Waals surface area contributed by atoms with Crippen LogP contribution in [0, 0.1) is 11.6 Å². The van der Waals surface area contributed by atoms with Gasteiger partial charge in [0.05, 0.1) is 6.54 Å². The molecule has 1 aromatic rings. The number of nitrogens with two attached hydrogens (primary N) is 1. The topological polar surface area (TPSA) is 63.4 Å². The molecule has 0 saturated carbocycles. The third-order valence-corrected chi connectivity index (χ3v) is 3.52. The third-order valence-electron chi connectivity index (χ3n) is 3.52. The minimum Gasteiger partial charge on any atom is -0.368 e. The number of aryl methyl sites for hydroxylation is 1. The monoisotopic (exact) mass is 300 g/mol. The number of likely N-dealkylation sites (tertiary alicyclic amines) is 1. The van der Waals surface area contributed by atoms with Gasteiger partial charge >= 0.3 is 0 Å². The number of carbonyl (C=O) groups is 2. The molecule has 2 amide bonds. The average Bonchev–Trinajstić information content (AvgIpc) is 2.80. The number of hydrogen-bond acceptors (Lipinski definition) is 2. The molecule has 1 heterocycles. The van der Waals surface area contributed by atoms with Gasteiger partial charge < -0.3 is 10.6 Å². The maximum absolute atomic E-state index is 13.4. The Kier molecular flexibility index (Phi) is 4.50. The van der Waals surface area contributed by atoms with Gasteiger partial charge in [-0.1, -0.05) is 6.07 Å². The number of halogens is 3. The zero-order valence-corrected chi connectivity index (χ0v) is 11.2. The second-order valence-corrected chi connectivity index (χ2v) is 5.03. The average molecular weight is 300 g/mol. The van der Waals surface area contributed by atoms with Gasteiger partial charge in [0.1, 0.15) is 23.8 Å². The first kappa shape index (κ1) is 15.3. The first-order valence-electron chi connectivity index (χ1n) is 6.55. The van der Waals surface area contributed by atoms with Crippen LogP contribution in [0.4, 0.5) is 13.2 Å². The van der Waals surface area contributed by atoms with Crippen LogP contribution in [-0.2, 0) is 16.0 Å². The molecular weight excluding hydrogens is 285 g/mol. The molecule has 0 spiro atoms. The highest BCUT2D eigenvalue weighted by Gasteiger charge is 2.38. The predicted molar refractivity (Wildman–Crippen MR) is 68.9 cm³/mol. The van der Waals surface area contributed by atoms with E-state index in [0.717, 1.165) is 17.0 Å². The van der Waals surface area contributed by atoms with E-state index in [1.165, 1.54) is 6.07 Å². The zero-order valence-electron chi connectivity index (χ0n) is 11.2. The van der Waals surface area contributed by atoms with E-state index < -0.39 is 35.7 Å². The molecule has 1 aromatic carbocycles. The SMILES string of the molecule is NC(=O)[C@@H]1C[C@@H](F)CN1C(=O)CCc1ccc(F)cc1F. The van der Waals surface area contributed by atoms with Gasteiger partial charge in [-0.3, -0.25) is 9.59 Å². The molecule has 1 aliphatic heterocycles. The van der Waals surface area contributed by atoms with Gasteiger partial charge in [0.15, 0.2) is 0 Å². The summed E-state index contributed by atoms with van der Waals surface area (Å²) < 4.78 is 39.5. The summed E-state index contributed by atoms with van der Waals surface area (Å²) in [5.74, 6) is -2.66. The fourth-order valence-corrected chi connectivity index (χ4v) is 2.44. The maximum Gasteiger partial charge on any atom is 0.240 e. The van der Waals surface area contributed by atoms with Crippen LogP contribution >= 0.6 is 0 Å². The van der Waals surface area contributed by atoms with Crippen LogP contribution in [0.25, 0.3) is 0 Å². The van der Waals surface area contributed by atoms with Crippen molar-refractivity contribution in [2.24, 2.45) is 5.73 Å². The molecule has 0 aromatic heterocycles. The molecule has 2 N–H and O–H groups in total. The van der Waals surface area contributed by atoms with Crippen molar-refractivity contribution >= 4 is 11.8 Å². The van der Waals surface area contributed by atoms with Crippen molar-refractivity contribution in [2.75, 3.05) is 6.54 Å². The molecule has 4 nitrogen and oxygen atoms in total. The summed E-state index contributed by atoms with van der Waals surface area (Å²) in [4.78, 5) is 24.3. The summed E-state index contributed by atoms with van der Waals surface area (Å²) in [5, 5.41) is 0. The second kappa shape index (κ2) is 6.15. The Balaban J connectivity index is 1.99. The van der Waals surface area contributed by atoms with Gasteiger partial charge in [0.2, 0.25) is 11.8 Å². The lowest BCUT2D eigenvalue weighted by atomic mass is 10.1. The lowest BCUT2D eigenvalue weighted by molar-refractivity contribution is -0.137. The van der Waals surface area contributed by atoms with E-state index in [2.05, 4.69) is 0 Å². The van der Waals surface area contributed by atoms with Crippen LogP contribution in [0.2, 0.25) is 0 Å². The third kappa shape index (κ3) is 3.53. The molecule has 2 atom stereocenters. The van der Waals surface area contributed by atoms with E-state index >= 15 is 0 Å². The second-order valence-electron chi connectivity index (χ2n) is 5.03. The van der Waals surface area contributed by atoms with E-state index in [9.17, 15) is 22.8 Å². The highest BCUT2D eigenvalue weighted by atomic mass is 19.1. The number of benzene rings is 1. The number of rotatable bonds is 4. The van der Waals surface area contributed by atoms with Crippen molar-refractivity contribution in [3.8, 4) is 0 Å². The lowest BCUT2D eigenvalue weighted by Crippen LogP contribution is -2.43. The van der Waals surface area contributed by atoms with Crippen molar-refractivity contribution in [1.82, 2.24) is 4.90 Å². The van der Waals surface area contributed by atoms with Crippen LogP contribution in [-0.4, -0.2) is 35.5 Å². The molecule has 1 fully saturated rings. The fourth-order valence-electron chi connectivity index (χ4n) is 2.44. The molecule has 1 saturated heterocycles. The highest BCUT2D eigenvalue weighted by Crippen LogP contribution is 2.22. The van der Waals surface area contributed by atoms with Crippen molar-refractivity contribution < 1.29 is 22.8 Å². The Morgan fingerprint density at radius 1 is 1.33 bits per heavy atom. The maximum atomic E-state index is 13.4. The summed E-state index contributed by atoms with van der Waals surface area (Å²) in [6.45, 7) is -0.182. The molecule has 21 heavy (non-hydrogen) atoms. The van der Waals surface area contributed by atoms with Gasteiger partial charge in [-0.2, -0.15) is 0 Å². The van der Waals surface area contributed by atoms with Crippen molar-refractivity contribution in [3.63, 3.8) is 0 Å². The number of nitrogens with zero attached hydrogens (tertiary/aromatic N) is 1. The summed E-state index contributed by atoms with van der Waals surface area (Å²) in [6, 6.07) is 2.14. The molecule has 0 radical (unpaired) electrons. The van der Waals surface area contributed by atoms with Crippen LogP contribution in [0.5, 0.6) is 0 Å². The van der Waals surface area contributed by atoms with E-state index in [4.69, 9.17) is 5.73 Å². The van der Waals surface area contributed by atoms with Crippen LogP contribution in [0.15, 0.2) is 18.2 Å². The Bertz CT molecular complexity index is 565. The Morgan fingerprint density at radius 3 is 2.67 bits per heavy atom. The predicted octanol–water partition coefficient (Wildman–Crippen LogP) is 1.32. The quantitative estimate of drug-likeness (QED) is 0.911. The molecular formula is C14H15F3N2O2. The molecule has 1 aliphatic rings. The first-order chi connectivity index (χ1) is 9.88. The van der Waals surface area contributed by atoms with Gasteiger partial charge in [0.25, 0.3) is 0 Å². The molecule has 0 aliphatic carbocycles. The summed E-state index contributed by atoms with van der Waals surface area (Å²) in [6.07, 6.45) is -1.44. The number of primary amides is 1. The van der Waals surface area contributed by atoms with E-state index in [0.29, 0.717) is 0 Å². The summed E-state index contributed by atoms with van der Waals surface area (Å²) in [7, 11) is 0. The van der Waals surface area contributed by atoms with Crippen molar-refractivity contribution in [3.05, 3.63) is 35.4 Å². The van der Waals surface area contributed by atoms with Crippen molar-refractivity contribution in [2.45, 2.75) is 31.5 Å². The summed E-state index contributed by atoms with van der Waals surface area (Å²) >= 11 is 0. The zero-order chi connectivity index (χ0) is 15.6. The molecule has 0 unspecified atom stereocenters. The van der Waals surface area contributed by atoms with Gasteiger partial charge in [-0.15, -0.1) is 0 Å². The number of amides is 2. The smallest absolute Gasteiger partial charge is 0.240 e. The highest BCUT2D eigenvalue weighted by molar-refractivity contribution is 5.87. The molecule has 2 rings (SSSR count).